The predicted octanol–water partition coefficient (Wildman–Crippen LogP) is 1.38. The molecule has 1 atom stereocenters. The molecule has 6 heteroatoms. The number of benzene rings is 1. The molecule has 0 aromatic heterocycles. The number of amides is 2. The minimum atomic E-state index is -0.170. The summed E-state index contributed by atoms with van der Waals surface area (Å²) in [4.78, 5) is 28.2. The number of fused-ring (bicyclic) bond motifs is 1. The first-order valence-corrected chi connectivity index (χ1v) is 7.42. The third-order valence-corrected chi connectivity index (χ3v) is 4.65. The Kier molecular flexibility index (Phi) is 4.90. The van der Waals surface area contributed by atoms with E-state index in [1.165, 1.54) is 4.90 Å². The predicted molar refractivity (Wildman–Crippen MR) is 87.3 cm³/mol. The lowest BCUT2D eigenvalue weighted by Crippen LogP contribution is -2.39. The van der Waals surface area contributed by atoms with Crippen LogP contribution in [0.25, 0.3) is 0 Å². The van der Waals surface area contributed by atoms with E-state index in [1.54, 1.807) is 24.3 Å². The van der Waals surface area contributed by atoms with Gasteiger partial charge in [0.25, 0.3) is 11.8 Å². The van der Waals surface area contributed by atoms with Crippen LogP contribution in [0.3, 0.4) is 0 Å². The van der Waals surface area contributed by atoms with Gasteiger partial charge in [0, 0.05) is 19.6 Å². The van der Waals surface area contributed by atoms with Gasteiger partial charge in [0.15, 0.2) is 0 Å². The number of likely N-dealkylation sites (tertiary alicyclic amines) is 1. The van der Waals surface area contributed by atoms with Crippen molar-refractivity contribution in [3.63, 3.8) is 0 Å². The van der Waals surface area contributed by atoms with E-state index in [2.05, 4.69) is 11.8 Å². The molecular weight excluding hydrogens is 302 g/mol. The fourth-order valence-corrected chi connectivity index (χ4v) is 3.17. The summed E-state index contributed by atoms with van der Waals surface area (Å²) in [6.07, 6.45) is 1.08. The topological polar surface area (TPSA) is 66.6 Å². The number of hydrogen-bond acceptors (Lipinski definition) is 4. The molecule has 0 aliphatic carbocycles. The fraction of sp³-hybridized carbons (Fsp3) is 0.500. The monoisotopic (exact) mass is 323 g/mol. The molecule has 2 heterocycles. The number of carbonyl (C=O) groups excluding carboxylic acids is 2. The molecule has 1 fully saturated rings. The fourth-order valence-electron chi connectivity index (χ4n) is 3.17. The van der Waals surface area contributed by atoms with Crippen molar-refractivity contribution in [2.45, 2.75) is 13.3 Å². The Hall–Kier alpha value is -1.43. The van der Waals surface area contributed by atoms with Crippen molar-refractivity contribution in [3.8, 4) is 0 Å². The van der Waals surface area contributed by atoms with Crippen LogP contribution in [0, 0.1) is 5.41 Å². The molecular formula is C16H22ClN3O2. The van der Waals surface area contributed by atoms with Gasteiger partial charge in [-0.2, -0.15) is 0 Å². The molecule has 0 saturated carbocycles. The van der Waals surface area contributed by atoms with Crippen LogP contribution in [0.1, 0.15) is 34.1 Å². The minimum absolute atomic E-state index is 0. The second-order valence-corrected chi connectivity index (χ2v) is 6.35. The van der Waals surface area contributed by atoms with Crippen LogP contribution in [-0.2, 0) is 0 Å². The Morgan fingerprint density at radius 1 is 1.14 bits per heavy atom. The molecule has 1 unspecified atom stereocenters. The molecule has 2 aliphatic heterocycles. The lowest BCUT2D eigenvalue weighted by molar-refractivity contribution is 0.0639. The van der Waals surface area contributed by atoms with Crippen LogP contribution in [0.2, 0.25) is 0 Å². The highest BCUT2D eigenvalue weighted by Gasteiger charge is 2.36. The highest BCUT2D eigenvalue weighted by Crippen LogP contribution is 2.28. The normalized spacial score (nSPS) is 24.5. The first-order chi connectivity index (χ1) is 10.0. The first-order valence-electron chi connectivity index (χ1n) is 7.42. The zero-order chi connectivity index (χ0) is 15.0. The van der Waals surface area contributed by atoms with E-state index < -0.39 is 0 Å². The quantitative estimate of drug-likeness (QED) is 0.850. The molecule has 2 N–H and O–H groups in total. The van der Waals surface area contributed by atoms with E-state index >= 15 is 0 Å². The van der Waals surface area contributed by atoms with Gasteiger partial charge in [-0.3, -0.25) is 14.5 Å². The Labute approximate surface area is 136 Å². The van der Waals surface area contributed by atoms with Crippen LogP contribution in [0.5, 0.6) is 0 Å². The van der Waals surface area contributed by atoms with E-state index in [4.69, 9.17) is 5.73 Å². The van der Waals surface area contributed by atoms with Crippen molar-refractivity contribution in [1.29, 1.82) is 0 Å². The molecule has 5 nitrogen and oxygen atoms in total. The smallest absolute Gasteiger partial charge is 0.261 e. The summed E-state index contributed by atoms with van der Waals surface area (Å²) in [5, 5.41) is 0. The molecule has 1 aromatic rings. The molecule has 2 aliphatic rings. The third kappa shape index (κ3) is 2.89. The second kappa shape index (κ2) is 6.36. The summed E-state index contributed by atoms with van der Waals surface area (Å²) < 4.78 is 0. The largest absolute Gasteiger partial charge is 0.330 e. The van der Waals surface area contributed by atoms with Crippen molar-refractivity contribution < 1.29 is 9.59 Å². The summed E-state index contributed by atoms with van der Waals surface area (Å²) in [6, 6.07) is 7.02. The summed E-state index contributed by atoms with van der Waals surface area (Å²) in [6.45, 7) is 5.96. The average molecular weight is 324 g/mol. The third-order valence-electron chi connectivity index (χ3n) is 4.65. The van der Waals surface area contributed by atoms with Crippen molar-refractivity contribution in [2.75, 3.05) is 32.7 Å². The van der Waals surface area contributed by atoms with Gasteiger partial charge >= 0.3 is 0 Å². The zero-order valence-corrected chi connectivity index (χ0v) is 13.6. The average Bonchev–Trinajstić information content (AvgIpc) is 2.99. The Morgan fingerprint density at radius 2 is 1.73 bits per heavy atom. The van der Waals surface area contributed by atoms with E-state index in [1.807, 2.05) is 0 Å². The molecule has 22 heavy (non-hydrogen) atoms. The van der Waals surface area contributed by atoms with Crippen LogP contribution in [0.15, 0.2) is 24.3 Å². The number of nitrogens with zero attached hydrogens (tertiary/aromatic N) is 2. The lowest BCUT2D eigenvalue weighted by atomic mass is 9.90. The maximum absolute atomic E-state index is 12.3. The Morgan fingerprint density at radius 3 is 2.23 bits per heavy atom. The highest BCUT2D eigenvalue weighted by molar-refractivity contribution is 6.21. The van der Waals surface area contributed by atoms with Crippen LogP contribution < -0.4 is 5.73 Å². The van der Waals surface area contributed by atoms with Gasteiger partial charge in [-0.25, -0.2) is 0 Å². The van der Waals surface area contributed by atoms with E-state index in [-0.39, 0.29) is 29.6 Å². The molecule has 3 rings (SSSR count). The molecule has 2 amide bonds. The number of imide groups is 1. The molecule has 120 valence electrons. The van der Waals surface area contributed by atoms with Crippen LogP contribution >= 0.6 is 12.4 Å². The van der Waals surface area contributed by atoms with Crippen molar-refractivity contribution in [3.05, 3.63) is 35.4 Å². The zero-order valence-electron chi connectivity index (χ0n) is 12.7. The lowest BCUT2D eigenvalue weighted by Gasteiger charge is -2.24. The molecule has 0 bridgehead atoms. The SMILES string of the molecule is CC1(CN)CCN(CCN2C(=O)c3ccccc3C2=O)C1.Cl. The van der Waals surface area contributed by atoms with E-state index in [0.717, 1.165) is 26.1 Å². The van der Waals surface area contributed by atoms with Crippen molar-refractivity contribution in [2.24, 2.45) is 11.1 Å². The Bertz CT molecular complexity index is 558. The second-order valence-electron chi connectivity index (χ2n) is 6.35. The number of rotatable bonds is 4. The van der Waals surface area contributed by atoms with Gasteiger partial charge in [-0.15, -0.1) is 12.4 Å². The van der Waals surface area contributed by atoms with Gasteiger partial charge in [0.2, 0.25) is 0 Å². The molecule has 0 spiro atoms. The van der Waals surface area contributed by atoms with E-state index in [0.29, 0.717) is 24.2 Å². The van der Waals surface area contributed by atoms with Gasteiger partial charge < -0.3 is 10.6 Å². The standard InChI is InChI=1S/C16H21N3O2.ClH/c1-16(10-17)6-7-18(11-16)8-9-19-14(20)12-4-2-3-5-13(12)15(19)21;/h2-5H,6-11,17H2,1H3;1H. The molecule has 1 aromatic carbocycles. The first kappa shape index (κ1) is 16.9. The highest BCUT2D eigenvalue weighted by atomic mass is 35.5. The van der Waals surface area contributed by atoms with Crippen LogP contribution in [-0.4, -0.2) is 54.3 Å². The Balaban J connectivity index is 0.00000176. The van der Waals surface area contributed by atoms with Gasteiger partial charge in [-0.1, -0.05) is 19.1 Å². The number of nitrogens with two attached hydrogens (primary N) is 1. The number of carbonyl (C=O) groups is 2. The van der Waals surface area contributed by atoms with Gasteiger partial charge in [-0.05, 0) is 37.1 Å². The van der Waals surface area contributed by atoms with Gasteiger partial charge in [0.05, 0.1) is 11.1 Å². The number of halogens is 1. The van der Waals surface area contributed by atoms with Gasteiger partial charge in [0.1, 0.15) is 0 Å². The maximum atomic E-state index is 12.3. The summed E-state index contributed by atoms with van der Waals surface area (Å²) >= 11 is 0. The number of hydrogen-bond donors (Lipinski definition) is 1. The molecule has 1 saturated heterocycles. The van der Waals surface area contributed by atoms with Crippen molar-refractivity contribution in [1.82, 2.24) is 9.80 Å². The maximum Gasteiger partial charge on any atom is 0.261 e. The summed E-state index contributed by atoms with van der Waals surface area (Å²) in [7, 11) is 0. The van der Waals surface area contributed by atoms with Crippen LogP contribution in [0.4, 0.5) is 0 Å². The van der Waals surface area contributed by atoms with E-state index in [9.17, 15) is 9.59 Å². The van der Waals surface area contributed by atoms with Crippen molar-refractivity contribution >= 4 is 24.2 Å². The summed E-state index contributed by atoms with van der Waals surface area (Å²) in [5.74, 6) is -0.340. The molecule has 0 radical (unpaired) electrons. The summed E-state index contributed by atoms with van der Waals surface area (Å²) in [5.41, 5.74) is 7.02. The minimum Gasteiger partial charge on any atom is -0.330 e.